The molecule has 2 aromatic carbocycles. The summed E-state index contributed by atoms with van der Waals surface area (Å²) in [5, 5.41) is 3.35. The lowest BCUT2D eigenvalue weighted by atomic mass is 10.2. The monoisotopic (exact) mass is 446 g/mol. The number of carbonyl (C=O) groups excluding carboxylic acids is 1. The van der Waals surface area contributed by atoms with Gasteiger partial charge in [-0.25, -0.2) is 8.42 Å². The van der Waals surface area contributed by atoms with Gasteiger partial charge in [0.25, 0.3) is 0 Å². The molecule has 0 heterocycles. The summed E-state index contributed by atoms with van der Waals surface area (Å²) in [6, 6.07) is 13.3. The molecule has 2 aromatic rings. The Morgan fingerprint density at radius 2 is 1.74 bits per heavy atom. The van der Waals surface area contributed by atoms with Crippen LogP contribution in [0.2, 0.25) is 10.0 Å². The van der Waals surface area contributed by atoms with Crippen LogP contribution < -0.4 is 9.62 Å². The number of sulfonamides is 1. The highest BCUT2D eigenvalue weighted by Gasteiger charge is 2.29. The molecule has 0 bridgehead atoms. The molecule has 0 aliphatic heterocycles. The Morgan fingerprint density at radius 1 is 1.15 bits per heavy atom. The molecule has 1 amide bonds. The molecule has 0 aliphatic rings. The molecule has 146 valence electrons. The number of benzene rings is 2. The first-order valence-electron chi connectivity index (χ1n) is 8.09. The van der Waals surface area contributed by atoms with Gasteiger partial charge >= 0.3 is 0 Å². The van der Waals surface area contributed by atoms with Crippen LogP contribution in [-0.4, -0.2) is 38.9 Å². The average Bonchev–Trinajstić information content (AvgIpc) is 2.57. The van der Waals surface area contributed by atoms with E-state index in [1.807, 2.05) is 30.3 Å². The van der Waals surface area contributed by atoms with Gasteiger partial charge in [0, 0.05) is 27.2 Å². The van der Waals surface area contributed by atoms with Gasteiger partial charge in [0.15, 0.2) is 0 Å². The second-order valence-electron chi connectivity index (χ2n) is 5.81. The van der Waals surface area contributed by atoms with Gasteiger partial charge in [-0.05, 0) is 37.3 Å². The maximum atomic E-state index is 12.5. The van der Waals surface area contributed by atoms with Crippen molar-refractivity contribution < 1.29 is 13.2 Å². The van der Waals surface area contributed by atoms with Crippen molar-refractivity contribution in [2.24, 2.45) is 0 Å². The molecule has 0 spiro atoms. The number of carbonyl (C=O) groups is 1. The molecule has 0 saturated heterocycles. The average molecular weight is 447 g/mol. The van der Waals surface area contributed by atoms with E-state index in [2.05, 4.69) is 5.32 Å². The van der Waals surface area contributed by atoms with E-state index in [1.54, 1.807) is 11.8 Å². The predicted molar refractivity (Wildman–Crippen MR) is 113 cm³/mol. The zero-order valence-corrected chi connectivity index (χ0v) is 18.0. The number of hydrogen-bond acceptors (Lipinski definition) is 4. The van der Waals surface area contributed by atoms with Crippen LogP contribution in [0.5, 0.6) is 0 Å². The number of halogens is 2. The summed E-state index contributed by atoms with van der Waals surface area (Å²) in [5.41, 5.74) is 0.247. The lowest BCUT2D eigenvalue weighted by molar-refractivity contribution is -0.121. The third kappa shape index (κ3) is 6.60. The molecule has 9 heteroatoms. The minimum absolute atomic E-state index is 0.247. The fourth-order valence-electron chi connectivity index (χ4n) is 2.48. The van der Waals surface area contributed by atoms with Crippen LogP contribution in [0.4, 0.5) is 5.69 Å². The molecule has 1 N–H and O–H groups in total. The van der Waals surface area contributed by atoms with E-state index in [9.17, 15) is 13.2 Å². The smallest absolute Gasteiger partial charge is 0.243 e. The SMILES string of the molecule is C[C@@H](C(=O)NCCSc1ccccc1)N(c1cc(Cl)cc(Cl)c1)S(C)(=O)=O. The van der Waals surface area contributed by atoms with Crippen molar-refractivity contribution in [3.8, 4) is 0 Å². The van der Waals surface area contributed by atoms with E-state index in [-0.39, 0.29) is 15.7 Å². The number of thioether (sulfide) groups is 1. The summed E-state index contributed by atoms with van der Waals surface area (Å²) in [7, 11) is -3.72. The molecule has 5 nitrogen and oxygen atoms in total. The van der Waals surface area contributed by atoms with Crippen molar-refractivity contribution in [3.05, 3.63) is 58.6 Å². The Morgan fingerprint density at radius 3 is 2.30 bits per heavy atom. The van der Waals surface area contributed by atoms with Crippen LogP contribution in [0.25, 0.3) is 0 Å². The fraction of sp³-hybridized carbons (Fsp3) is 0.278. The quantitative estimate of drug-likeness (QED) is 0.490. The third-order valence-electron chi connectivity index (χ3n) is 3.60. The zero-order valence-electron chi connectivity index (χ0n) is 14.9. The first-order valence-corrected chi connectivity index (χ1v) is 11.7. The Kier molecular flexibility index (Phi) is 7.85. The highest BCUT2D eigenvalue weighted by atomic mass is 35.5. The first kappa shape index (κ1) is 21.9. The van der Waals surface area contributed by atoms with Crippen molar-refractivity contribution >= 4 is 56.6 Å². The molecule has 2 rings (SSSR count). The van der Waals surface area contributed by atoms with Crippen molar-refractivity contribution in [2.45, 2.75) is 17.9 Å². The molecule has 0 aliphatic carbocycles. The fourth-order valence-corrected chi connectivity index (χ4v) is 4.95. The van der Waals surface area contributed by atoms with Crippen molar-refractivity contribution in [2.75, 3.05) is 22.9 Å². The van der Waals surface area contributed by atoms with Crippen molar-refractivity contribution in [3.63, 3.8) is 0 Å². The molecule has 0 fully saturated rings. The summed E-state index contributed by atoms with van der Waals surface area (Å²) in [5.74, 6) is 0.273. The van der Waals surface area contributed by atoms with E-state index in [0.29, 0.717) is 12.3 Å². The van der Waals surface area contributed by atoms with Gasteiger partial charge in [-0.15, -0.1) is 11.8 Å². The third-order valence-corrected chi connectivity index (χ3v) is 6.30. The minimum atomic E-state index is -3.72. The number of anilines is 1. The Labute approximate surface area is 174 Å². The van der Waals surface area contributed by atoms with E-state index in [4.69, 9.17) is 23.2 Å². The maximum Gasteiger partial charge on any atom is 0.243 e. The second kappa shape index (κ2) is 9.68. The standard InChI is InChI=1S/C18H20Cl2N2O3S2/c1-13(18(23)21-8-9-26-17-6-4-3-5-7-17)22(27(2,24)25)16-11-14(19)10-15(20)12-16/h3-7,10-13H,8-9H2,1-2H3,(H,21,23)/t13-/m0/s1. The van der Waals surface area contributed by atoms with Crippen LogP contribution in [0.3, 0.4) is 0 Å². The van der Waals surface area contributed by atoms with Crippen molar-refractivity contribution in [1.82, 2.24) is 5.32 Å². The molecule has 0 saturated carbocycles. The Balaban J connectivity index is 2.04. The first-order chi connectivity index (χ1) is 12.7. The lowest BCUT2D eigenvalue weighted by Gasteiger charge is -2.28. The van der Waals surface area contributed by atoms with E-state index >= 15 is 0 Å². The summed E-state index contributed by atoms with van der Waals surface area (Å²) >= 11 is 13.6. The van der Waals surface area contributed by atoms with E-state index in [1.165, 1.54) is 25.1 Å². The number of hydrogen-bond donors (Lipinski definition) is 1. The Bertz CT molecular complexity index is 872. The molecule has 0 aromatic heterocycles. The minimum Gasteiger partial charge on any atom is -0.353 e. The van der Waals surface area contributed by atoms with Gasteiger partial charge in [-0.2, -0.15) is 0 Å². The van der Waals surface area contributed by atoms with Gasteiger partial charge in [-0.3, -0.25) is 9.10 Å². The number of nitrogens with one attached hydrogen (secondary N) is 1. The highest BCUT2D eigenvalue weighted by Crippen LogP contribution is 2.28. The highest BCUT2D eigenvalue weighted by molar-refractivity contribution is 7.99. The summed E-state index contributed by atoms with van der Waals surface area (Å²) in [6.45, 7) is 1.94. The molecular formula is C18H20Cl2N2O3S2. The molecule has 1 atom stereocenters. The molecule has 0 unspecified atom stereocenters. The van der Waals surface area contributed by atoms with Gasteiger partial charge in [-0.1, -0.05) is 41.4 Å². The number of rotatable bonds is 8. The van der Waals surface area contributed by atoms with E-state index in [0.717, 1.165) is 15.5 Å². The summed E-state index contributed by atoms with van der Waals surface area (Å²) < 4.78 is 25.6. The van der Waals surface area contributed by atoms with Crippen LogP contribution in [0.15, 0.2) is 53.4 Å². The van der Waals surface area contributed by atoms with Crippen LogP contribution in [0, 0.1) is 0 Å². The van der Waals surface area contributed by atoms with Crippen LogP contribution in [0.1, 0.15) is 6.92 Å². The zero-order chi connectivity index (χ0) is 20.0. The van der Waals surface area contributed by atoms with Gasteiger partial charge in [0.2, 0.25) is 15.9 Å². The number of amides is 1. The van der Waals surface area contributed by atoms with Gasteiger partial charge < -0.3 is 5.32 Å². The van der Waals surface area contributed by atoms with Gasteiger partial charge in [0.1, 0.15) is 6.04 Å². The van der Waals surface area contributed by atoms with E-state index < -0.39 is 22.0 Å². The topological polar surface area (TPSA) is 66.5 Å². The van der Waals surface area contributed by atoms with Gasteiger partial charge in [0.05, 0.1) is 11.9 Å². The second-order valence-corrected chi connectivity index (χ2v) is 9.72. The summed E-state index contributed by atoms with van der Waals surface area (Å²) in [4.78, 5) is 13.6. The maximum absolute atomic E-state index is 12.5. The predicted octanol–water partition coefficient (Wildman–Crippen LogP) is 4.06. The molecule has 0 radical (unpaired) electrons. The largest absolute Gasteiger partial charge is 0.353 e. The van der Waals surface area contributed by atoms with Crippen molar-refractivity contribution in [1.29, 1.82) is 0 Å². The normalized spacial score (nSPS) is 12.4. The number of nitrogens with zero attached hydrogens (tertiary/aromatic N) is 1. The van der Waals surface area contributed by atoms with Crippen LogP contribution in [-0.2, 0) is 14.8 Å². The summed E-state index contributed by atoms with van der Waals surface area (Å²) in [6.07, 6.45) is 1.04. The lowest BCUT2D eigenvalue weighted by Crippen LogP contribution is -2.48. The Hall–Kier alpha value is -1.41. The van der Waals surface area contributed by atoms with Crippen LogP contribution >= 0.6 is 35.0 Å². The molecular weight excluding hydrogens is 427 g/mol. The molecule has 27 heavy (non-hydrogen) atoms.